The van der Waals surface area contributed by atoms with E-state index in [2.05, 4.69) is 45.2 Å². The lowest BCUT2D eigenvalue weighted by molar-refractivity contribution is -0.128. The zero-order valence-electron chi connectivity index (χ0n) is 13.6. The number of ketones is 1. The molecule has 2 rings (SSSR count). The number of Topliss-reactive ketones (excluding diaryl/α,β-unsaturated/α-hetero) is 1. The van der Waals surface area contributed by atoms with Gasteiger partial charge in [0.2, 0.25) is 0 Å². The Hall–Kier alpha value is -1.57. The maximum absolute atomic E-state index is 12.8. The number of benzene rings is 1. The summed E-state index contributed by atoms with van der Waals surface area (Å²) in [6.45, 7) is 8.67. The molecule has 2 heteroatoms. The van der Waals surface area contributed by atoms with Crippen LogP contribution in [0.15, 0.2) is 42.5 Å². The van der Waals surface area contributed by atoms with Gasteiger partial charge in [-0.05, 0) is 36.8 Å². The smallest absolute Gasteiger partial charge is 0.139 e. The molecule has 1 N–H and O–H groups in total. The van der Waals surface area contributed by atoms with E-state index in [1.54, 1.807) is 0 Å². The number of hydrogen-bond donors (Lipinski definition) is 1. The number of anilines is 1. The Morgan fingerprint density at radius 3 is 2.62 bits per heavy atom. The molecule has 3 atom stereocenters. The normalized spacial score (nSPS) is 25.3. The van der Waals surface area contributed by atoms with Crippen LogP contribution in [-0.2, 0) is 4.79 Å². The summed E-state index contributed by atoms with van der Waals surface area (Å²) in [5.74, 6) is 0.848. The number of allylic oxidation sites excluding steroid dienone is 2. The van der Waals surface area contributed by atoms with Gasteiger partial charge in [0.05, 0.1) is 0 Å². The molecule has 0 aliphatic heterocycles. The molecule has 0 saturated heterocycles. The maximum atomic E-state index is 12.8. The van der Waals surface area contributed by atoms with E-state index in [-0.39, 0.29) is 17.4 Å². The SMILES string of the molecule is C[C@@H](CC(=O)[C@@H]1[C@@H](C)C=CCC1(C)C)Nc1ccccc1. The lowest BCUT2D eigenvalue weighted by atomic mass is 9.65. The number of rotatable bonds is 5. The van der Waals surface area contributed by atoms with Crippen molar-refractivity contribution in [3.05, 3.63) is 42.5 Å². The van der Waals surface area contributed by atoms with Crippen LogP contribution in [-0.4, -0.2) is 11.8 Å². The standard InChI is InChI=1S/C19H27NO/c1-14-9-8-12-19(3,4)18(14)17(21)13-15(2)20-16-10-6-5-7-11-16/h5-11,14-15,18,20H,12-13H2,1-4H3/t14-,15-,18-/m0/s1. The average Bonchev–Trinajstić information content (AvgIpc) is 2.38. The van der Waals surface area contributed by atoms with Gasteiger partial charge >= 0.3 is 0 Å². The number of carbonyl (C=O) groups is 1. The Bertz CT molecular complexity index is 504. The van der Waals surface area contributed by atoms with Crippen LogP contribution in [0.4, 0.5) is 5.69 Å². The number of hydrogen-bond acceptors (Lipinski definition) is 2. The molecule has 0 spiro atoms. The predicted molar refractivity (Wildman–Crippen MR) is 89.3 cm³/mol. The van der Waals surface area contributed by atoms with E-state index in [0.29, 0.717) is 18.1 Å². The Kier molecular flexibility index (Phi) is 4.87. The van der Waals surface area contributed by atoms with Crippen molar-refractivity contribution < 1.29 is 4.79 Å². The molecule has 0 unspecified atom stereocenters. The van der Waals surface area contributed by atoms with Crippen LogP contribution in [0.2, 0.25) is 0 Å². The Morgan fingerprint density at radius 1 is 1.33 bits per heavy atom. The largest absolute Gasteiger partial charge is 0.382 e. The summed E-state index contributed by atoms with van der Waals surface area (Å²) >= 11 is 0. The Morgan fingerprint density at radius 2 is 2.00 bits per heavy atom. The van der Waals surface area contributed by atoms with Crippen molar-refractivity contribution in [1.29, 1.82) is 0 Å². The van der Waals surface area contributed by atoms with Crippen LogP contribution in [0.1, 0.15) is 40.5 Å². The zero-order valence-corrected chi connectivity index (χ0v) is 13.6. The lowest BCUT2D eigenvalue weighted by Gasteiger charge is -2.39. The summed E-state index contributed by atoms with van der Waals surface area (Å²) in [7, 11) is 0. The van der Waals surface area contributed by atoms with E-state index in [0.717, 1.165) is 12.1 Å². The third kappa shape index (κ3) is 3.96. The molecular weight excluding hydrogens is 258 g/mol. The third-order valence-electron chi connectivity index (χ3n) is 4.49. The van der Waals surface area contributed by atoms with Crippen molar-refractivity contribution in [3.63, 3.8) is 0 Å². The Labute approximate surface area is 128 Å². The van der Waals surface area contributed by atoms with Crippen LogP contribution < -0.4 is 5.32 Å². The summed E-state index contributed by atoms with van der Waals surface area (Å²) < 4.78 is 0. The van der Waals surface area contributed by atoms with Gasteiger partial charge in [-0.1, -0.05) is 51.1 Å². The van der Waals surface area contributed by atoms with E-state index >= 15 is 0 Å². The first-order chi connectivity index (χ1) is 9.90. The fourth-order valence-electron chi connectivity index (χ4n) is 3.56. The number of carbonyl (C=O) groups excluding carboxylic acids is 1. The molecule has 1 aliphatic carbocycles. The van der Waals surface area contributed by atoms with Gasteiger partial charge < -0.3 is 5.32 Å². The van der Waals surface area contributed by atoms with Gasteiger partial charge in [0.25, 0.3) is 0 Å². The molecule has 114 valence electrons. The predicted octanol–water partition coefficient (Wildman–Crippen LogP) is 4.68. The highest BCUT2D eigenvalue weighted by atomic mass is 16.1. The molecule has 1 aliphatic rings. The summed E-state index contributed by atoms with van der Waals surface area (Å²) in [6, 6.07) is 10.3. The summed E-state index contributed by atoms with van der Waals surface area (Å²) in [6.07, 6.45) is 6.00. The van der Waals surface area contributed by atoms with Crippen molar-refractivity contribution in [3.8, 4) is 0 Å². The maximum Gasteiger partial charge on any atom is 0.139 e. The van der Waals surface area contributed by atoms with E-state index in [4.69, 9.17) is 0 Å². The van der Waals surface area contributed by atoms with E-state index in [9.17, 15) is 4.79 Å². The quantitative estimate of drug-likeness (QED) is 0.796. The topological polar surface area (TPSA) is 29.1 Å². The van der Waals surface area contributed by atoms with E-state index in [1.165, 1.54) is 0 Å². The molecule has 2 nitrogen and oxygen atoms in total. The first-order valence-corrected chi connectivity index (χ1v) is 7.91. The van der Waals surface area contributed by atoms with Gasteiger partial charge in [0.15, 0.2) is 0 Å². The van der Waals surface area contributed by atoms with Gasteiger partial charge in [-0.2, -0.15) is 0 Å². The van der Waals surface area contributed by atoms with Crippen LogP contribution in [0.3, 0.4) is 0 Å². The van der Waals surface area contributed by atoms with Gasteiger partial charge in [-0.3, -0.25) is 4.79 Å². The summed E-state index contributed by atoms with van der Waals surface area (Å²) in [5, 5.41) is 3.42. The van der Waals surface area contributed by atoms with Crippen molar-refractivity contribution in [2.24, 2.45) is 17.3 Å². The fraction of sp³-hybridized carbons (Fsp3) is 0.526. The van der Waals surface area contributed by atoms with Crippen LogP contribution in [0.5, 0.6) is 0 Å². The molecule has 0 heterocycles. The first kappa shape index (κ1) is 15.8. The molecule has 0 saturated carbocycles. The molecular formula is C19H27NO. The second-order valence-corrected chi connectivity index (χ2v) is 7.04. The molecule has 1 aromatic carbocycles. The highest BCUT2D eigenvalue weighted by molar-refractivity contribution is 5.83. The minimum absolute atomic E-state index is 0.0672. The zero-order chi connectivity index (χ0) is 15.5. The number of para-hydroxylation sites is 1. The van der Waals surface area contributed by atoms with Gasteiger partial charge in [0.1, 0.15) is 5.78 Å². The highest BCUT2D eigenvalue weighted by Crippen LogP contribution is 2.41. The second kappa shape index (κ2) is 6.46. The van der Waals surface area contributed by atoms with E-state index < -0.39 is 0 Å². The highest BCUT2D eigenvalue weighted by Gasteiger charge is 2.39. The summed E-state index contributed by atoms with van der Waals surface area (Å²) in [4.78, 5) is 12.8. The van der Waals surface area contributed by atoms with Crippen molar-refractivity contribution in [2.75, 3.05) is 5.32 Å². The summed E-state index contributed by atoms with van der Waals surface area (Å²) in [5.41, 5.74) is 1.14. The second-order valence-electron chi connectivity index (χ2n) is 7.04. The molecule has 0 amide bonds. The minimum atomic E-state index is 0.0672. The van der Waals surface area contributed by atoms with Crippen molar-refractivity contribution in [2.45, 2.75) is 46.6 Å². The monoisotopic (exact) mass is 285 g/mol. The van der Waals surface area contributed by atoms with Crippen LogP contribution >= 0.6 is 0 Å². The van der Waals surface area contributed by atoms with Crippen LogP contribution in [0, 0.1) is 17.3 Å². The van der Waals surface area contributed by atoms with Crippen molar-refractivity contribution in [1.82, 2.24) is 0 Å². The van der Waals surface area contributed by atoms with Gasteiger partial charge in [-0.15, -0.1) is 0 Å². The van der Waals surface area contributed by atoms with E-state index in [1.807, 2.05) is 30.3 Å². The average molecular weight is 285 g/mol. The lowest BCUT2D eigenvalue weighted by Crippen LogP contribution is -2.39. The molecule has 0 fully saturated rings. The van der Waals surface area contributed by atoms with Gasteiger partial charge in [-0.25, -0.2) is 0 Å². The first-order valence-electron chi connectivity index (χ1n) is 7.91. The molecule has 1 aromatic rings. The molecule has 21 heavy (non-hydrogen) atoms. The minimum Gasteiger partial charge on any atom is -0.382 e. The Balaban J connectivity index is 1.99. The fourth-order valence-corrected chi connectivity index (χ4v) is 3.56. The molecule has 0 radical (unpaired) electrons. The molecule has 0 bridgehead atoms. The third-order valence-corrected chi connectivity index (χ3v) is 4.49. The van der Waals surface area contributed by atoms with Crippen molar-refractivity contribution >= 4 is 11.5 Å². The van der Waals surface area contributed by atoms with Crippen LogP contribution in [0.25, 0.3) is 0 Å². The van der Waals surface area contributed by atoms with Gasteiger partial charge in [0, 0.05) is 24.1 Å². The molecule has 0 aromatic heterocycles. The number of nitrogens with one attached hydrogen (secondary N) is 1.